The second-order valence-electron chi connectivity index (χ2n) is 3.83. The van der Waals surface area contributed by atoms with Crippen LogP contribution in [0.15, 0.2) is 18.2 Å². The number of nitro groups is 1. The van der Waals surface area contributed by atoms with Crippen LogP contribution in [0.3, 0.4) is 0 Å². The maximum absolute atomic E-state index is 10.9. The van der Waals surface area contributed by atoms with Gasteiger partial charge in [0.2, 0.25) is 5.91 Å². The largest absolute Gasteiger partial charge is 0.496 e. The second-order valence-corrected chi connectivity index (χ2v) is 3.83. The molecule has 0 radical (unpaired) electrons. The number of benzene rings is 1. The summed E-state index contributed by atoms with van der Waals surface area (Å²) in [6.07, 6.45) is -3.72. The highest BCUT2D eigenvalue weighted by molar-refractivity contribution is 5.74. The number of nitrogens with two attached hydrogens (primary N) is 1. The zero-order valence-electron chi connectivity index (χ0n) is 10.1. The van der Waals surface area contributed by atoms with Gasteiger partial charge in [-0.1, -0.05) is 6.07 Å². The summed E-state index contributed by atoms with van der Waals surface area (Å²) in [6, 6.07) is 3.95. The maximum atomic E-state index is 10.9. The minimum absolute atomic E-state index is 0.0465. The zero-order valence-corrected chi connectivity index (χ0v) is 10.1. The molecular weight excluding hydrogens is 256 g/mol. The van der Waals surface area contributed by atoms with Crippen LogP contribution < -0.4 is 10.5 Å². The summed E-state index contributed by atoms with van der Waals surface area (Å²) >= 11 is 0. The first kappa shape index (κ1) is 14.9. The Kier molecular flexibility index (Phi) is 4.79. The van der Waals surface area contributed by atoms with E-state index in [0.29, 0.717) is 0 Å². The van der Waals surface area contributed by atoms with Crippen molar-refractivity contribution in [2.75, 3.05) is 7.11 Å². The molecule has 19 heavy (non-hydrogen) atoms. The first-order chi connectivity index (χ1) is 8.88. The second kappa shape index (κ2) is 6.12. The van der Waals surface area contributed by atoms with Gasteiger partial charge < -0.3 is 20.7 Å². The Morgan fingerprint density at radius 1 is 1.53 bits per heavy atom. The summed E-state index contributed by atoms with van der Waals surface area (Å²) < 4.78 is 4.92. The molecule has 0 aliphatic rings. The molecule has 4 N–H and O–H groups in total. The molecule has 0 aliphatic heterocycles. The van der Waals surface area contributed by atoms with Crippen LogP contribution in [-0.2, 0) is 4.79 Å². The third kappa shape index (κ3) is 3.39. The van der Waals surface area contributed by atoms with Crippen molar-refractivity contribution in [3.63, 3.8) is 0 Å². The number of hydrogen-bond donors (Lipinski definition) is 3. The molecule has 1 amide bonds. The Morgan fingerprint density at radius 2 is 2.16 bits per heavy atom. The van der Waals surface area contributed by atoms with E-state index >= 15 is 0 Å². The SMILES string of the molecule is COc1cccc([N+](=O)[O-])c1C(O)C(O)CC(N)=O. The number of aliphatic hydroxyl groups excluding tert-OH is 2. The number of ether oxygens (including phenoxy) is 1. The Bertz CT molecular complexity index is 490. The van der Waals surface area contributed by atoms with E-state index in [2.05, 4.69) is 0 Å². The summed E-state index contributed by atoms with van der Waals surface area (Å²) in [5.74, 6) is -0.783. The Labute approximate surface area is 108 Å². The van der Waals surface area contributed by atoms with Gasteiger partial charge in [0.15, 0.2) is 0 Å². The summed E-state index contributed by atoms with van der Waals surface area (Å²) in [5, 5.41) is 30.5. The van der Waals surface area contributed by atoms with E-state index < -0.39 is 35.1 Å². The summed E-state index contributed by atoms with van der Waals surface area (Å²) in [4.78, 5) is 20.9. The van der Waals surface area contributed by atoms with Crippen LogP contribution in [0.25, 0.3) is 0 Å². The molecule has 0 fully saturated rings. The summed E-state index contributed by atoms with van der Waals surface area (Å²) in [6.45, 7) is 0. The fourth-order valence-electron chi connectivity index (χ4n) is 1.68. The number of aliphatic hydroxyl groups is 2. The first-order valence-electron chi connectivity index (χ1n) is 5.34. The van der Waals surface area contributed by atoms with Crippen molar-refractivity contribution in [3.05, 3.63) is 33.9 Å². The summed E-state index contributed by atoms with van der Waals surface area (Å²) in [7, 11) is 1.27. The Morgan fingerprint density at radius 3 is 2.63 bits per heavy atom. The number of amides is 1. The van der Waals surface area contributed by atoms with Crippen molar-refractivity contribution < 1.29 is 24.7 Å². The van der Waals surface area contributed by atoms with Gasteiger partial charge in [0.05, 0.1) is 24.6 Å². The lowest BCUT2D eigenvalue weighted by Crippen LogP contribution is -2.26. The average molecular weight is 270 g/mol. The van der Waals surface area contributed by atoms with Crippen LogP contribution in [0.4, 0.5) is 5.69 Å². The molecule has 8 nitrogen and oxygen atoms in total. The number of hydrogen-bond acceptors (Lipinski definition) is 6. The van der Waals surface area contributed by atoms with Crippen LogP contribution in [-0.4, -0.2) is 34.3 Å². The predicted molar refractivity (Wildman–Crippen MR) is 64.4 cm³/mol. The Hall–Kier alpha value is -2.19. The van der Waals surface area contributed by atoms with E-state index in [1.807, 2.05) is 0 Å². The lowest BCUT2D eigenvalue weighted by atomic mass is 9.99. The highest BCUT2D eigenvalue weighted by Gasteiger charge is 2.30. The van der Waals surface area contributed by atoms with Crippen LogP contribution in [0.5, 0.6) is 5.75 Å². The van der Waals surface area contributed by atoms with Crippen LogP contribution >= 0.6 is 0 Å². The highest BCUT2D eigenvalue weighted by Crippen LogP contribution is 2.35. The molecule has 0 aliphatic carbocycles. The molecule has 1 rings (SSSR count). The van der Waals surface area contributed by atoms with Crippen LogP contribution in [0.2, 0.25) is 0 Å². The van der Waals surface area contributed by atoms with E-state index in [1.165, 1.54) is 19.2 Å². The van der Waals surface area contributed by atoms with Crippen molar-refractivity contribution >= 4 is 11.6 Å². The van der Waals surface area contributed by atoms with Gasteiger partial charge in [-0.15, -0.1) is 0 Å². The van der Waals surface area contributed by atoms with E-state index in [0.717, 1.165) is 6.07 Å². The quantitative estimate of drug-likeness (QED) is 0.486. The molecule has 0 aromatic heterocycles. The number of methoxy groups -OCH3 is 1. The third-order valence-electron chi connectivity index (χ3n) is 2.53. The monoisotopic (exact) mass is 270 g/mol. The van der Waals surface area contributed by atoms with Gasteiger partial charge in [0.1, 0.15) is 17.4 Å². The van der Waals surface area contributed by atoms with Crippen molar-refractivity contribution in [3.8, 4) is 5.75 Å². The van der Waals surface area contributed by atoms with Gasteiger partial charge in [-0.25, -0.2) is 0 Å². The smallest absolute Gasteiger partial charge is 0.279 e. The van der Waals surface area contributed by atoms with Crippen molar-refractivity contribution in [1.82, 2.24) is 0 Å². The first-order valence-corrected chi connectivity index (χ1v) is 5.34. The minimum atomic E-state index is -1.65. The number of carbonyl (C=O) groups is 1. The number of carbonyl (C=O) groups excluding carboxylic acids is 1. The molecule has 1 aromatic carbocycles. The van der Waals surface area contributed by atoms with Gasteiger partial charge in [-0.05, 0) is 6.07 Å². The third-order valence-corrected chi connectivity index (χ3v) is 2.53. The molecule has 8 heteroatoms. The van der Waals surface area contributed by atoms with E-state index in [9.17, 15) is 25.1 Å². The normalized spacial score (nSPS) is 13.6. The number of primary amides is 1. The van der Waals surface area contributed by atoms with Crippen molar-refractivity contribution in [2.24, 2.45) is 5.73 Å². The van der Waals surface area contributed by atoms with Crippen molar-refractivity contribution in [2.45, 2.75) is 18.6 Å². The minimum Gasteiger partial charge on any atom is -0.496 e. The number of rotatable bonds is 6. The fourth-order valence-corrected chi connectivity index (χ4v) is 1.68. The molecule has 2 atom stereocenters. The maximum Gasteiger partial charge on any atom is 0.279 e. The van der Waals surface area contributed by atoms with Gasteiger partial charge in [0.25, 0.3) is 5.69 Å². The van der Waals surface area contributed by atoms with Gasteiger partial charge in [-0.3, -0.25) is 14.9 Å². The Balaban J connectivity index is 3.22. The summed E-state index contributed by atoms with van der Waals surface area (Å²) in [5.41, 5.74) is 4.30. The molecule has 0 heterocycles. The number of nitrogens with zero attached hydrogens (tertiary/aromatic N) is 1. The lowest BCUT2D eigenvalue weighted by Gasteiger charge is -2.19. The van der Waals surface area contributed by atoms with Gasteiger partial charge >= 0.3 is 0 Å². The molecule has 0 bridgehead atoms. The van der Waals surface area contributed by atoms with E-state index in [1.54, 1.807) is 0 Å². The zero-order chi connectivity index (χ0) is 14.6. The highest BCUT2D eigenvalue weighted by atomic mass is 16.6. The van der Waals surface area contributed by atoms with Crippen molar-refractivity contribution in [1.29, 1.82) is 0 Å². The van der Waals surface area contributed by atoms with Crippen LogP contribution in [0, 0.1) is 10.1 Å². The van der Waals surface area contributed by atoms with Crippen LogP contribution in [0.1, 0.15) is 18.1 Å². The average Bonchev–Trinajstić information content (AvgIpc) is 2.35. The standard InChI is InChI=1S/C11H14N2O6/c1-19-8-4-2-3-6(13(17)18)10(8)11(16)7(14)5-9(12)15/h2-4,7,11,14,16H,5H2,1H3,(H2,12,15). The molecule has 1 aromatic rings. The topological polar surface area (TPSA) is 136 Å². The predicted octanol–water partition coefficient (Wildman–Crippen LogP) is -0.127. The number of nitro benzene ring substituents is 1. The fraction of sp³-hybridized carbons (Fsp3) is 0.364. The molecule has 0 saturated carbocycles. The van der Waals surface area contributed by atoms with Gasteiger partial charge in [-0.2, -0.15) is 0 Å². The van der Waals surface area contributed by atoms with E-state index in [-0.39, 0.29) is 11.3 Å². The molecule has 2 unspecified atom stereocenters. The lowest BCUT2D eigenvalue weighted by molar-refractivity contribution is -0.386. The van der Waals surface area contributed by atoms with Gasteiger partial charge in [0, 0.05) is 6.07 Å². The molecule has 0 spiro atoms. The molecular formula is C11H14N2O6. The molecule has 104 valence electrons. The van der Waals surface area contributed by atoms with E-state index in [4.69, 9.17) is 10.5 Å². The molecule has 0 saturated heterocycles.